The molecule has 3 heteroatoms. The van der Waals surface area contributed by atoms with Gasteiger partial charge in [0, 0.05) is 16.0 Å². The molecule has 0 unspecified atom stereocenters. The molecule has 0 aliphatic heterocycles. The second-order valence-corrected chi connectivity index (χ2v) is 5.15. The molecule has 2 nitrogen and oxygen atoms in total. The number of methoxy groups -OCH3 is 1. The van der Waals surface area contributed by atoms with Crippen molar-refractivity contribution in [3.63, 3.8) is 0 Å². The smallest absolute Gasteiger partial charge is 0.118 e. The lowest BCUT2D eigenvalue weighted by Gasteiger charge is -2.08. The maximum atomic E-state index is 6.04. The lowest BCUT2D eigenvalue weighted by molar-refractivity contribution is 0.415. The quantitative estimate of drug-likeness (QED) is 0.669. The van der Waals surface area contributed by atoms with Gasteiger partial charge in [0.15, 0.2) is 0 Å². The molecule has 20 heavy (non-hydrogen) atoms. The number of aryl methyl sites for hydroxylation is 1. The van der Waals surface area contributed by atoms with E-state index in [4.69, 9.17) is 21.3 Å². The van der Waals surface area contributed by atoms with Gasteiger partial charge in [0.05, 0.1) is 18.3 Å². The molecule has 0 aliphatic rings. The van der Waals surface area contributed by atoms with Crippen LogP contribution in [-0.4, -0.2) is 12.1 Å². The molecule has 0 atom stereocenters. The topological polar surface area (TPSA) is 22.1 Å². The second kappa shape index (κ2) is 5.14. The van der Waals surface area contributed by atoms with Crippen molar-refractivity contribution in [2.24, 2.45) is 0 Å². The Bertz CT molecular complexity index is 766. The predicted octanol–water partition coefficient (Wildman–Crippen LogP) is 4.87. The van der Waals surface area contributed by atoms with Crippen LogP contribution in [0.5, 0.6) is 5.75 Å². The van der Waals surface area contributed by atoms with Gasteiger partial charge in [0.25, 0.3) is 0 Å². The Morgan fingerprint density at radius 2 is 1.75 bits per heavy atom. The van der Waals surface area contributed by atoms with Gasteiger partial charge in [-0.3, -0.25) is 0 Å². The lowest BCUT2D eigenvalue weighted by atomic mass is 10.1. The number of aromatic nitrogens is 1. The van der Waals surface area contributed by atoms with Crippen LogP contribution in [0.15, 0.2) is 48.5 Å². The van der Waals surface area contributed by atoms with Crippen LogP contribution in [0.25, 0.3) is 22.2 Å². The molecular formula is C17H14ClNO. The summed E-state index contributed by atoms with van der Waals surface area (Å²) in [5, 5.41) is 1.83. The summed E-state index contributed by atoms with van der Waals surface area (Å²) < 4.78 is 5.18. The zero-order valence-electron chi connectivity index (χ0n) is 11.4. The Morgan fingerprint density at radius 1 is 1.00 bits per heavy atom. The van der Waals surface area contributed by atoms with Crippen molar-refractivity contribution in [2.75, 3.05) is 7.11 Å². The zero-order valence-corrected chi connectivity index (χ0v) is 12.1. The van der Waals surface area contributed by atoms with Gasteiger partial charge in [-0.1, -0.05) is 11.6 Å². The highest BCUT2D eigenvalue weighted by molar-refractivity contribution is 6.31. The average Bonchev–Trinajstić information content (AvgIpc) is 2.48. The van der Waals surface area contributed by atoms with Crippen LogP contribution in [-0.2, 0) is 0 Å². The van der Waals surface area contributed by atoms with Gasteiger partial charge in [0.1, 0.15) is 5.75 Å². The first-order valence-corrected chi connectivity index (χ1v) is 6.76. The summed E-state index contributed by atoms with van der Waals surface area (Å²) in [6.45, 7) is 2.08. The van der Waals surface area contributed by atoms with Crippen molar-refractivity contribution in [3.05, 3.63) is 59.1 Å². The van der Waals surface area contributed by atoms with Crippen molar-refractivity contribution in [2.45, 2.75) is 6.92 Å². The fourth-order valence-electron chi connectivity index (χ4n) is 2.28. The van der Waals surface area contributed by atoms with Crippen LogP contribution < -0.4 is 4.74 Å². The van der Waals surface area contributed by atoms with E-state index >= 15 is 0 Å². The van der Waals surface area contributed by atoms with Crippen molar-refractivity contribution < 1.29 is 4.74 Å². The number of nitrogens with zero attached hydrogens (tertiary/aromatic N) is 1. The Morgan fingerprint density at radius 3 is 2.45 bits per heavy atom. The van der Waals surface area contributed by atoms with Crippen molar-refractivity contribution in [1.82, 2.24) is 4.98 Å². The number of halogens is 1. The van der Waals surface area contributed by atoms with E-state index in [0.717, 1.165) is 32.9 Å². The molecule has 1 heterocycles. The van der Waals surface area contributed by atoms with E-state index in [9.17, 15) is 0 Å². The van der Waals surface area contributed by atoms with Gasteiger partial charge in [-0.15, -0.1) is 0 Å². The lowest BCUT2D eigenvalue weighted by Crippen LogP contribution is -1.89. The molecule has 100 valence electrons. The molecule has 0 aliphatic carbocycles. The van der Waals surface area contributed by atoms with Crippen LogP contribution in [0.4, 0.5) is 0 Å². The maximum absolute atomic E-state index is 6.04. The number of benzene rings is 2. The monoisotopic (exact) mass is 283 g/mol. The van der Waals surface area contributed by atoms with Gasteiger partial charge >= 0.3 is 0 Å². The van der Waals surface area contributed by atoms with Crippen LogP contribution in [0.3, 0.4) is 0 Å². The summed E-state index contributed by atoms with van der Waals surface area (Å²) in [5.41, 5.74) is 4.16. The number of fused-ring (bicyclic) bond motifs is 1. The fraction of sp³-hybridized carbons (Fsp3) is 0.118. The zero-order chi connectivity index (χ0) is 14.1. The Balaban J connectivity index is 2.14. The standard InChI is InChI=1S/C17H14ClNO/c1-11-9-17(12-3-6-14(20-2)7-4-12)19-16-8-5-13(18)10-15(11)16/h3-10H,1-2H3. The Hall–Kier alpha value is -2.06. The van der Waals surface area contributed by atoms with E-state index < -0.39 is 0 Å². The molecule has 0 spiro atoms. The van der Waals surface area contributed by atoms with Crippen LogP contribution in [0.2, 0.25) is 5.02 Å². The van der Waals surface area contributed by atoms with E-state index in [1.807, 2.05) is 42.5 Å². The van der Waals surface area contributed by atoms with Gasteiger partial charge in [-0.25, -0.2) is 4.98 Å². The molecule has 0 saturated heterocycles. The minimum atomic E-state index is 0.736. The third-order valence-electron chi connectivity index (χ3n) is 3.36. The molecule has 1 aromatic heterocycles. The number of hydrogen-bond donors (Lipinski definition) is 0. The molecule has 0 radical (unpaired) electrons. The van der Waals surface area contributed by atoms with Crippen molar-refractivity contribution in [1.29, 1.82) is 0 Å². The van der Waals surface area contributed by atoms with Crippen molar-refractivity contribution >= 4 is 22.5 Å². The number of ether oxygens (including phenoxy) is 1. The molecule has 3 aromatic rings. The molecular weight excluding hydrogens is 270 g/mol. The number of pyridine rings is 1. The third kappa shape index (κ3) is 2.35. The molecule has 3 rings (SSSR count). The summed E-state index contributed by atoms with van der Waals surface area (Å²) in [4.78, 5) is 4.70. The highest BCUT2D eigenvalue weighted by atomic mass is 35.5. The maximum Gasteiger partial charge on any atom is 0.118 e. The van der Waals surface area contributed by atoms with Crippen LogP contribution >= 0.6 is 11.6 Å². The largest absolute Gasteiger partial charge is 0.497 e. The highest BCUT2D eigenvalue weighted by Gasteiger charge is 2.06. The van der Waals surface area contributed by atoms with Gasteiger partial charge in [-0.2, -0.15) is 0 Å². The molecule has 0 saturated carbocycles. The van der Waals surface area contributed by atoms with E-state index in [0.29, 0.717) is 0 Å². The van der Waals surface area contributed by atoms with Gasteiger partial charge < -0.3 is 4.74 Å². The minimum Gasteiger partial charge on any atom is -0.497 e. The first kappa shape index (κ1) is 12.9. The van der Waals surface area contributed by atoms with Gasteiger partial charge in [0.2, 0.25) is 0 Å². The molecule has 0 bridgehead atoms. The third-order valence-corrected chi connectivity index (χ3v) is 3.60. The Kier molecular flexibility index (Phi) is 3.33. The predicted molar refractivity (Wildman–Crippen MR) is 83.5 cm³/mol. The molecule has 0 amide bonds. The molecule has 0 N–H and O–H groups in total. The normalized spacial score (nSPS) is 10.8. The summed E-state index contributed by atoms with van der Waals surface area (Å²) in [7, 11) is 1.66. The highest BCUT2D eigenvalue weighted by Crippen LogP contribution is 2.27. The van der Waals surface area contributed by atoms with E-state index in [2.05, 4.69) is 13.0 Å². The number of rotatable bonds is 2. The molecule has 0 fully saturated rings. The summed E-state index contributed by atoms with van der Waals surface area (Å²) >= 11 is 6.04. The average molecular weight is 284 g/mol. The first-order chi connectivity index (χ1) is 9.67. The van der Waals surface area contributed by atoms with Gasteiger partial charge in [-0.05, 0) is 61.0 Å². The summed E-state index contributed by atoms with van der Waals surface area (Å²) in [6.07, 6.45) is 0. The second-order valence-electron chi connectivity index (χ2n) is 4.71. The molecule has 2 aromatic carbocycles. The summed E-state index contributed by atoms with van der Waals surface area (Å²) in [5.74, 6) is 0.845. The fourth-order valence-corrected chi connectivity index (χ4v) is 2.45. The van der Waals surface area contributed by atoms with Crippen LogP contribution in [0, 0.1) is 6.92 Å². The first-order valence-electron chi connectivity index (χ1n) is 6.39. The van der Waals surface area contributed by atoms with Crippen LogP contribution in [0.1, 0.15) is 5.56 Å². The minimum absolute atomic E-state index is 0.736. The summed E-state index contributed by atoms with van der Waals surface area (Å²) in [6, 6.07) is 15.8. The van der Waals surface area contributed by atoms with E-state index in [1.54, 1.807) is 7.11 Å². The number of hydrogen-bond acceptors (Lipinski definition) is 2. The SMILES string of the molecule is COc1ccc(-c2cc(C)c3cc(Cl)ccc3n2)cc1. The Labute approximate surface area is 123 Å². The van der Waals surface area contributed by atoms with Crippen molar-refractivity contribution in [3.8, 4) is 17.0 Å². The van der Waals surface area contributed by atoms with E-state index in [-0.39, 0.29) is 0 Å². The van der Waals surface area contributed by atoms with E-state index in [1.165, 1.54) is 5.56 Å².